The predicted octanol–water partition coefficient (Wildman–Crippen LogP) is 4.36. The topological polar surface area (TPSA) is 52.6 Å². The molecule has 0 amide bonds. The average Bonchev–Trinajstić information content (AvgIpc) is 2.39. The van der Waals surface area contributed by atoms with Gasteiger partial charge in [-0.15, -0.1) is 0 Å². The first-order valence-corrected chi connectivity index (χ1v) is 7.46. The van der Waals surface area contributed by atoms with Gasteiger partial charge in [0.2, 0.25) is 0 Å². The Labute approximate surface area is 137 Å². The highest BCUT2D eigenvalue weighted by atomic mass is 16.5. The molecule has 0 radical (unpaired) electrons. The smallest absolute Gasteiger partial charge is 0.336 e. The van der Waals surface area contributed by atoms with Crippen molar-refractivity contribution < 1.29 is 19.1 Å². The summed E-state index contributed by atoms with van der Waals surface area (Å²) in [7, 11) is 0. The zero-order valence-electron chi connectivity index (χ0n) is 14.9. The Kier molecular flexibility index (Phi) is 6.31. The Balaban J connectivity index is 3.14. The normalized spacial score (nSPS) is 9.87. The fourth-order valence-electron chi connectivity index (χ4n) is 2.02. The summed E-state index contributed by atoms with van der Waals surface area (Å²) in [5, 5.41) is 0. The minimum absolute atomic E-state index is 0.412. The van der Waals surface area contributed by atoms with Crippen LogP contribution in [0.25, 0.3) is 0 Å². The molecule has 0 aliphatic rings. The van der Waals surface area contributed by atoms with E-state index in [0.29, 0.717) is 11.5 Å². The first-order chi connectivity index (χ1) is 10.6. The fourth-order valence-corrected chi connectivity index (χ4v) is 2.02. The van der Waals surface area contributed by atoms with Gasteiger partial charge in [-0.3, -0.25) is 0 Å². The maximum Gasteiger partial charge on any atom is 0.336 e. The van der Waals surface area contributed by atoms with Crippen molar-refractivity contribution in [3.8, 4) is 11.5 Å². The summed E-state index contributed by atoms with van der Waals surface area (Å²) in [6.45, 7) is 12.8. The molecule has 0 atom stereocenters. The molecule has 0 bridgehead atoms. The third-order valence-corrected chi connectivity index (χ3v) is 3.20. The summed E-state index contributed by atoms with van der Waals surface area (Å²) in [5.41, 5.74) is 4.03. The second kappa shape index (κ2) is 7.77. The molecule has 0 saturated carbocycles. The van der Waals surface area contributed by atoms with Crippen molar-refractivity contribution >= 4 is 11.9 Å². The molecule has 4 heteroatoms. The van der Waals surface area contributed by atoms with Crippen LogP contribution < -0.4 is 9.47 Å². The van der Waals surface area contributed by atoms with Crippen molar-refractivity contribution in [3.63, 3.8) is 0 Å². The van der Waals surface area contributed by atoms with E-state index in [1.165, 1.54) is 12.2 Å². The van der Waals surface area contributed by atoms with Crippen LogP contribution in [0, 0.1) is 20.8 Å². The standard InChI is InChI=1S/C19H24O4/c1-11(2)8-17(20)22-16-10-13(5)19(15(7)14(16)6)23-18(21)9-12(3)4/h8-10H,1-7H3. The van der Waals surface area contributed by atoms with Gasteiger partial charge in [-0.1, -0.05) is 11.1 Å². The molecular formula is C19H24O4. The van der Waals surface area contributed by atoms with Crippen molar-refractivity contribution in [2.75, 3.05) is 0 Å². The third kappa shape index (κ3) is 5.40. The molecule has 23 heavy (non-hydrogen) atoms. The average molecular weight is 316 g/mol. The van der Waals surface area contributed by atoms with Crippen LogP contribution in [0.3, 0.4) is 0 Å². The van der Waals surface area contributed by atoms with Crippen molar-refractivity contribution in [1.82, 2.24) is 0 Å². The van der Waals surface area contributed by atoms with Crippen LogP contribution in [0.15, 0.2) is 29.4 Å². The summed E-state index contributed by atoms with van der Waals surface area (Å²) in [6.07, 6.45) is 2.88. The van der Waals surface area contributed by atoms with Crippen LogP contribution in [0.5, 0.6) is 11.5 Å². The highest BCUT2D eigenvalue weighted by molar-refractivity contribution is 5.86. The van der Waals surface area contributed by atoms with Gasteiger partial charge < -0.3 is 9.47 Å². The summed E-state index contributed by atoms with van der Waals surface area (Å²) >= 11 is 0. The van der Waals surface area contributed by atoms with E-state index in [1.54, 1.807) is 6.07 Å². The number of hydrogen-bond donors (Lipinski definition) is 0. The van der Waals surface area contributed by atoms with Gasteiger partial charge in [0.15, 0.2) is 0 Å². The van der Waals surface area contributed by atoms with Crippen LogP contribution in [0.2, 0.25) is 0 Å². The quantitative estimate of drug-likeness (QED) is 0.470. The molecule has 0 spiro atoms. The van der Waals surface area contributed by atoms with Crippen molar-refractivity contribution in [3.05, 3.63) is 46.1 Å². The third-order valence-electron chi connectivity index (χ3n) is 3.20. The maximum absolute atomic E-state index is 11.8. The van der Waals surface area contributed by atoms with Crippen LogP contribution in [0.1, 0.15) is 44.4 Å². The van der Waals surface area contributed by atoms with E-state index in [9.17, 15) is 9.59 Å². The molecule has 0 heterocycles. The molecule has 124 valence electrons. The van der Waals surface area contributed by atoms with E-state index in [0.717, 1.165) is 27.8 Å². The van der Waals surface area contributed by atoms with Crippen molar-refractivity contribution in [2.45, 2.75) is 48.5 Å². The fraction of sp³-hybridized carbons (Fsp3) is 0.368. The van der Waals surface area contributed by atoms with Crippen LogP contribution in [-0.2, 0) is 9.59 Å². The van der Waals surface area contributed by atoms with Gasteiger partial charge in [-0.05, 0) is 71.2 Å². The van der Waals surface area contributed by atoms with E-state index < -0.39 is 11.9 Å². The lowest BCUT2D eigenvalue weighted by atomic mass is 10.0. The van der Waals surface area contributed by atoms with Gasteiger partial charge in [0.25, 0.3) is 0 Å². The lowest BCUT2D eigenvalue weighted by Gasteiger charge is -2.15. The maximum atomic E-state index is 11.8. The van der Waals surface area contributed by atoms with Gasteiger partial charge >= 0.3 is 11.9 Å². The van der Waals surface area contributed by atoms with E-state index in [-0.39, 0.29) is 0 Å². The highest BCUT2D eigenvalue weighted by Gasteiger charge is 2.16. The highest BCUT2D eigenvalue weighted by Crippen LogP contribution is 2.33. The van der Waals surface area contributed by atoms with Crippen molar-refractivity contribution in [2.24, 2.45) is 0 Å². The molecule has 0 aromatic heterocycles. The molecule has 0 aliphatic carbocycles. The molecule has 1 rings (SSSR count). The number of carbonyl (C=O) groups is 2. The zero-order chi connectivity index (χ0) is 17.7. The first kappa shape index (κ1) is 18.7. The van der Waals surface area contributed by atoms with Crippen LogP contribution >= 0.6 is 0 Å². The molecule has 0 unspecified atom stereocenters. The monoisotopic (exact) mass is 316 g/mol. The molecule has 1 aromatic rings. The minimum Gasteiger partial charge on any atom is -0.423 e. The number of aryl methyl sites for hydroxylation is 1. The summed E-state index contributed by atoms with van der Waals surface area (Å²) in [6, 6.07) is 1.71. The first-order valence-electron chi connectivity index (χ1n) is 7.46. The SMILES string of the molecule is CC(C)=CC(=O)Oc1cc(C)c(OC(=O)C=C(C)C)c(C)c1C. The number of benzene rings is 1. The Hall–Kier alpha value is -2.36. The van der Waals surface area contributed by atoms with Gasteiger partial charge in [0.05, 0.1) is 0 Å². The van der Waals surface area contributed by atoms with Crippen LogP contribution in [-0.4, -0.2) is 11.9 Å². The molecule has 0 fully saturated rings. The number of carbonyl (C=O) groups excluding carboxylic acids is 2. The van der Waals surface area contributed by atoms with Gasteiger partial charge in [0, 0.05) is 12.2 Å². The van der Waals surface area contributed by atoms with Gasteiger partial charge in [-0.25, -0.2) is 9.59 Å². The van der Waals surface area contributed by atoms with Crippen molar-refractivity contribution in [1.29, 1.82) is 0 Å². The molecule has 0 N–H and O–H groups in total. The number of esters is 2. The lowest BCUT2D eigenvalue weighted by Crippen LogP contribution is -2.10. The molecule has 0 saturated heterocycles. The summed E-state index contributed by atoms with van der Waals surface area (Å²) in [5.74, 6) is 0.155. The van der Waals surface area contributed by atoms with E-state index in [1.807, 2.05) is 48.5 Å². The number of allylic oxidation sites excluding steroid dienone is 2. The number of ether oxygens (including phenoxy) is 2. The molecule has 0 aliphatic heterocycles. The summed E-state index contributed by atoms with van der Waals surface area (Å²) in [4.78, 5) is 23.6. The predicted molar refractivity (Wildman–Crippen MR) is 90.8 cm³/mol. The lowest BCUT2D eigenvalue weighted by molar-refractivity contribution is -0.130. The Bertz CT molecular complexity index is 686. The number of hydrogen-bond acceptors (Lipinski definition) is 4. The zero-order valence-corrected chi connectivity index (χ0v) is 14.9. The Morgan fingerprint density at radius 3 is 1.78 bits per heavy atom. The van der Waals surface area contributed by atoms with Gasteiger partial charge in [0.1, 0.15) is 11.5 Å². The second-order valence-corrected chi connectivity index (χ2v) is 6.06. The van der Waals surface area contributed by atoms with E-state index in [2.05, 4.69) is 0 Å². The van der Waals surface area contributed by atoms with E-state index in [4.69, 9.17) is 9.47 Å². The molecule has 4 nitrogen and oxygen atoms in total. The Morgan fingerprint density at radius 1 is 0.826 bits per heavy atom. The minimum atomic E-state index is -0.416. The molecule has 1 aromatic carbocycles. The van der Waals surface area contributed by atoms with Crippen LogP contribution in [0.4, 0.5) is 0 Å². The second-order valence-electron chi connectivity index (χ2n) is 6.06. The molecular weight excluding hydrogens is 292 g/mol. The number of rotatable bonds is 4. The largest absolute Gasteiger partial charge is 0.423 e. The summed E-state index contributed by atoms with van der Waals surface area (Å²) < 4.78 is 10.8. The van der Waals surface area contributed by atoms with E-state index >= 15 is 0 Å². The Morgan fingerprint density at radius 2 is 1.30 bits per heavy atom. The van der Waals surface area contributed by atoms with Gasteiger partial charge in [-0.2, -0.15) is 0 Å².